The molecule has 0 aliphatic carbocycles. The van der Waals surface area contributed by atoms with Gasteiger partial charge in [0, 0.05) is 47.5 Å². The molecule has 8 heteroatoms. The van der Waals surface area contributed by atoms with Crippen LogP contribution in [-0.4, -0.2) is 49.5 Å². The Morgan fingerprint density at radius 1 is 1.03 bits per heavy atom. The molecule has 1 fully saturated rings. The predicted octanol–water partition coefficient (Wildman–Crippen LogP) is 3.74. The van der Waals surface area contributed by atoms with Crippen molar-refractivity contribution < 1.29 is 14.3 Å². The molecular formula is C22H23Cl2N3O3. The summed E-state index contributed by atoms with van der Waals surface area (Å²) in [5.74, 6) is 0.318. The average Bonchev–Trinajstić information content (AvgIpc) is 2.73. The molecule has 158 valence electrons. The lowest BCUT2D eigenvalue weighted by Gasteiger charge is -2.36. The van der Waals surface area contributed by atoms with Crippen molar-refractivity contribution in [2.75, 3.05) is 37.7 Å². The number of piperazine rings is 1. The molecule has 1 aliphatic rings. The number of hydrogen-bond donors (Lipinski definition) is 1. The van der Waals surface area contributed by atoms with Crippen LogP contribution in [0.2, 0.25) is 10.0 Å². The first-order valence-electron chi connectivity index (χ1n) is 9.56. The molecule has 1 heterocycles. The number of ether oxygens (including phenoxy) is 1. The van der Waals surface area contributed by atoms with Crippen LogP contribution in [0.4, 0.5) is 5.69 Å². The minimum Gasteiger partial charge on any atom is -0.484 e. The standard InChI is InChI=1S/C22H23Cl2N3O3/c1-16(10-11-25-21(28)15-30-20-8-4-18(24)5-9-20)27-13-12-26(14-22(27)29)19-6-2-17(23)3-7-19/h2-9H,1,10-15H2,(H,25,28). The van der Waals surface area contributed by atoms with Crippen LogP contribution in [0, 0.1) is 0 Å². The van der Waals surface area contributed by atoms with Crippen molar-refractivity contribution in [1.29, 1.82) is 0 Å². The molecule has 0 atom stereocenters. The molecule has 1 aliphatic heterocycles. The van der Waals surface area contributed by atoms with E-state index in [1.165, 1.54) is 0 Å². The van der Waals surface area contributed by atoms with Crippen molar-refractivity contribution in [3.63, 3.8) is 0 Å². The van der Waals surface area contributed by atoms with Crippen LogP contribution >= 0.6 is 23.2 Å². The molecule has 3 rings (SSSR count). The number of hydrogen-bond acceptors (Lipinski definition) is 4. The number of halogens is 2. The summed E-state index contributed by atoms with van der Waals surface area (Å²) in [6, 6.07) is 14.2. The number of carbonyl (C=O) groups is 2. The van der Waals surface area contributed by atoms with Gasteiger partial charge in [-0.2, -0.15) is 0 Å². The molecular weight excluding hydrogens is 425 g/mol. The lowest BCUT2D eigenvalue weighted by Crippen LogP contribution is -2.50. The summed E-state index contributed by atoms with van der Waals surface area (Å²) in [5.41, 5.74) is 1.65. The third-order valence-corrected chi connectivity index (χ3v) is 5.22. The zero-order valence-corrected chi connectivity index (χ0v) is 18.0. The maximum absolute atomic E-state index is 12.5. The van der Waals surface area contributed by atoms with E-state index >= 15 is 0 Å². The van der Waals surface area contributed by atoms with E-state index in [9.17, 15) is 9.59 Å². The van der Waals surface area contributed by atoms with Gasteiger partial charge in [0.25, 0.3) is 5.91 Å². The van der Waals surface area contributed by atoms with E-state index in [1.54, 1.807) is 29.2 Å². The van der Waals surface area contributed by atoms with Gasteiger partial charge in [-0.05, 0) is 48.5 Å². The van der Waals surface area contributed by atoms with Crippen LogP contribution in [0.3, 0.4) is 0 Å². The van der Waals surface area contributed by atoms with E-state index in [0.29, 0.717) is 47.5 Å². The number of nitrogens with zero attached hydrogens (tertiary/aromatic N) is 2. The van der Waals surface area contributed by atoms with Gasteiger partial charge in [0.2, 0.25) is 5.91 Å². The molecule has 0 aromatic heterocycles. The van der Waals surface area contributed by atoms with E-state index < -0.39 is 0 Å². The average molecular weight is 448 g/mol. The van der Waals surface area contributed by atoms with Gasteiger partial charge in [0.05, 0.1) is 6.54 Å². The molecule has 2 aromatic carbocycles. The van der Waals surface area contributed by atoms with Gasteiger partial charge in [0.1, 0.15) is 5.75 Å². The SMILES string of the molecule is C=C(CCNC(=O)COc1ccc(Cl)cc1)N1CCN(c2ccc(Cl)cc2)CC1=O. The van der Waals surface area contributed by atoms with E-state index in [0.717, 1.165) is 5.69 Å². The number of amides is 2. The number of nitrogens with one attached hydrogen (secondary N) is 1. The Morgan fingerprint density at radius 2 is 1.67 bits per heavy atom. The first kappa shape index (κ1) is 22.0. The quantitative estimate of drug-likeness (QED) is 0.669. The number of anilines is 1. The smallest absolute Gasteiger partial charge is 0.257 e. The fourth-order valence-corrected chi connectivity index (χ4v) is 3.34. The highest BCUT2D eigenvalue weighted by Crippen LogP contribution is 2.21. The second-order valence-corrected chi connectivity index (χ2v) is 7.72. The zero-order valence-electron chi connectivity index (χ0n) is 16.4. The molecule has 1 saturated heterocycles. The Labute approximate surface area is 186 Å². The molecule has 30 heavy (non-hydrogen) atoms. The Bertz CT molecular complexity index is 901. The minimum atomic E-state index is -0.239. The van der Waals surface area contributed by atoms with Gasteiger partial charge in [0.15, 0.2) is 6.61 Å². The van der Waals surface area contributed by atoms with E-state index in [4.69, 9.17) is 27.9 Å². The molecule has 1 N–H and O–H groups in total. The van der Waals surface area contributed by atoms with Crippen LogP contribution < -0.4 is 15.0 Å². The lowest BCUT2D eigenvalue weighted by atomic mass is 10.2. The van der Waals surface area contributed by atoms with Crippen molar-refractivity contribution in [3.8, 4) is 5.75 Å². The predicted molar refractivity (Wildman–Crippen MR) is 119 cm³/mol. The highest BCUT2D eigenvalue weighted by atomic mass is 35.5. The van der Waals surface area contributed by atoms with Crippen molar-refractivity contribution in [2.45, 2.75) is 6.42 Å². The summed E-state index contributed by atoms with van der Waals surface area (Å²) in [5, 5.41) is 4.05. The summed E-state index contributed by atoms with van der Waals surface area (Å²) >= 11 is 11.7. The largest absolute Gasteiger partial charge is 0.484 e. The molecule has 2 amide bonds. The normalized spacial score (nSPS) is 13.9. The van der Waals surface area contributed by atoms with Gasteiger partial charge in [-0.25, -0.2) is 0 Å². The summed E-state index contributed by atoms with van der Waals surface area (Å²) in [7, 11) is 0. The highest BCUT2D eigenvalue weighted by Gasteiger charge is 2.25. The Kier molecular flexibility index (Phi) is 7.60. The fraction of sp³-hybridized carbons (Fsp3) is 0.273. The first-order valence-corrected chi connectivity index (χ1v) is 10.3. The van der Waals surface area contributed by atoms with E-state index in [-0.39, 0.29) is 25.0 Å². The topological polar surface area (TPSA) is 61.9 Å². The molecule has 2 aromatic rings. The van der Waals surface area contributed by atoms with Gasteiger partial charge < -0.3 is 19.9 Å². The van der Waals surface area contributed by atoms with Crippen LogP contribution in [0.15, 0.2) is 60.8 Å². The molecule has 0 saturated carbocycles. The fourth-order valence-electron chi connectivity index (χ4n) is 3.09. The Balaban J connectivity index is 1.38. The molecule has 0 radical (unpaired) electrons. The summed E-state index contributed by atoms with van der Waals surface area (Å²) in [4.78, 5) is 28.2. The van der Waals surface area contributed by atoms with Crippen LogP contribution in [0.5, 0.6) is 5.75 Å². The third kappa shape index (κ3) is 6.15. The van der Waals surface area contributed by atoms with Gasteiger partial charge in [-0.15, -0.1) is 0 Å². The zero-order chi connectivity index (χ0) is 21.5. The van der Waals surface area contributed by atoms with Crippen LogP contribution in [0.25, 0.3) is 0 Å². The Hall–Kier alpha value is -2.70. The van der Waals surface area contributed by atoms with Crippen molar-refractivity contribution >= 4 is 40.7 Å². The third-order valence-electron chi connectivity index (χ3n) is 4.71. The maximum Gasteiger partial charge on any atom is 0.257 e. The van der Waals surface area contributed by atoms with E-state index in [1.807, 2.05) is 29.2 Å². The summed E-state index contributed by atoms with van der Waals surface area (Å²) in [6.45, 7) is 5.83. The maximum atomic E-state index is 12.5. The second-order valence-electron chi connectivity index (χ2n) is 6.85. The number of benzene rings is 2. The molecule has 0 bridgehead atoms. The van der Waals surface area contributed by atoms with E-state index in [2.05, 4.69) is 11.9 Å². The Morgan fingerprint density at radius 3 is 2.30 bits per heavy atom. The van der Waals surface area contributed by atoms with Crippen LogP contribution in [0.1, 0.15) is 6.42 Å². The highest BCUT2D eigenvalue weighted by molar-refractivity contribution is 6.30. The molecule has 0 spiro atoms. The number of rotatable bonds is 8. The summed E-state index contributed by atoms with van der Waals surface area (Å²) < 4.78 is 5.40. The molecule has 6 nitrogen and oxygen atoms in total. The number of carbonyl (C=O) groups excluding carboxylic acids is 2. The molecule has 0 unspecified atom stereocenters. The van der Waals surface area contributed by atoms with Gasteiger partial charge in [-0.3, -0.25) is 9.59 Å². The van der Waals surface area contributed by atoms with Crippen molar-refractivity contribution in [2.24, 2.45) is 0 Å². The van der Waals surface area contributed by atoms with Gasteiger partial charge >= 0.3 is 0 Å². The monoisotopic (exact) mass is 447 g/mol. The first-order chi connectivity index (χ1) is 14.4. The van der Waals surface area contributed by atoms with Crippen molar-refractivity contribution in [3.05, 3.63) is 70.9 Å². The van der Waals surface area contributed by atoms with Crippen LogP contribution in [-0.2, 0) is 9.59 Å². The van der Waals surface area contributed by atoms with Crippen molar-refractivity contribution in [1.82, 2.24) is 10.2 Å². The van der Waals surface area contributed by atoms with Gasteiger partial charge in [-0.1, -0.05) is 29.8 Å². The second kappa shape index (κ2) is 10.4. The minimum absolute atomic E-state index is 0.0152. The summed E-state index contributed by atoms with van der Waals surface area (Å²) in [6.07, 6.45) is 0.485. The lowest BCUT2D eigenvalue weighted by molar-refractivity contribution is -0.129.